The fourth-order valence-corrected chi connectivity index (χ4v) is 4.35. The highest BCUT2D eigenvalue weighted by molar-refractivity contribution is 5.71. The zero-order valence-electron chi connectivity index (χ0n) is 17.5. The normalized spacial score (nSPS) is 18.0. The molecule has 0 N–H and O–H groups in total. The smallest absolute Gasteiger partial charge is 0.152 e. The van der Waals surface area contributed by atoms with Gasteiger partial charge >= 0.3 is 0 Å². The quantitative estimate of drug-likeness (QED) is 0.410. The molecule has 1 nitrogen and oxygen atoms in total. The molecule has 0 atom stereocenters. The Morgan fingerprint density at radius 2 is 1.23 bits per heavy atom. The van der Waals surface area contributed by atoms with Crippen molar-refractivity contribution in [3.8, 4) is 40.2 Å². The van der Waals surface area contributed by atoms with Gasteiger partial charge in [-0.15, -0.1) is 0 Å². The monoisotopic (exact) mass is 411 g/mol. The molecule has 0 saturated heterocycles. The van der Waals surface area contributed by atoms with Gasteiger partial charge in [0.2, 0.25) is 0 Å². The maximum atomic E-state index is 14.2. The van der Waals surface area contributed by atoms with Crippen LogP contribution in [0.2, 0.25) is 0 Å². The van der Waals surface area contributed by atoms with Crippen molar-refractivity contribution in [3.63, 3.8) is 0 Å². The van der Waals surface area contributed by atoms with E-state index in [0.29, 0.717) is 17.0 Å². The average Bonchev–Trinajstić information content (AvgIpc) is 2.79. The molecule has 0 unspecified atom stereocenters. The topological polar surface area (TPSA) is 23.8 Å². The Morgan fingerprint density at radius 1 is 0.742 bits per heavy atom. The number of hydrogen-bond acceptors (Lipinski definition) is 1. The van der Waals surface area contributed by atoms with E-state index in [1.54, 1.807) is 6.07 Å². The first kappa shape index (κ1) is 20.8. The van der Waals surface area contributed by atoms with Crippen LogP contribution in [0, 0.1) is 40.7 Å². The summed E-state index contributed by atoms with van der Waals surface area (Å²) in [5.74, 6) is 4.21. The largest absolute Gasteiger partial charge is 0.205 e. The van der Waals surface area contributed by atoms with E-state index >= 15 is 0 Å². The van der Waals surface area contributed by atoms with Crippen LogP contribution in [-0.2, 0) is 0 Å². The molecular formula is C28H23F2N. The van der Waals surface area contributed by atoms with E-state index in [9.17, 15) is 8.78 Å². The van der Waals surface area contributed by atoms with E-state index in [4.69, 9.17) is 5.26 Å². The predicted octanol–water partition coefficient (Wildman–Crippen LogP) is 7.47. The fraction of sp³-hybridized carbons (Fsp3) is 0.250. The zero-order chi connectivity index (χ0) is 21.8. The Hall–Kier alpha value is -3.43. The summed E-state index contributed by atoms with van der Waals surface area (Å²) < 4.78 is 28.4. The minimum Gasteiger partial charge on any atom is -0.205 e. The Balaban J connectivity index is 1.53. The van der Waals surface area contributed by atoms with Crippen molar-refractivity contribution >= 4 is 0 Å². The van der Waals surface area contributed by atoms with Crippen molar-refractivity contribution in [2.75, 3.05) is 0 Å². The third-order valence-electron chi connectivity index (χ3n) is 6.24. The first-order valence-electron chi connectivity index (χ1n) is 10.6. The van der Waals surface area contributed by atoms with Crippen LogP contribution < -0.4 is 0 Å². The first-order chi connectivity index (χ1) is 15.0. The molecular weight excluding hydrogens is 388 g/mol. The van der Waals surface area contributed by atoms with E-state index in [1.807, 2.05) is 30.2 Å². The van der Waals surface area contributed by atoms with Gasteiger partial charge in [0.05, 0.1) is 5.56 Å². The van der Waals surface area contributed by atoms with Crippen molar-refractivity contribution in [2.45, 2.75) is 38.5 Å². The Labute approximate surface area is 182 Å². The Morgan fingerprint density at radius 3 is 1.74 bits per heavy atom. The average molecular weight is 411 g/mol. The molecule has 154 valence electrons. The molecule has 31 heavy (non-hydrogen) atoms. The molecule has 1 saturated carbocycles. The lowest BCUT2D eigenvalue weighted by Crippen LogP contribution is -2.10. The van der Waals surface area contributed by atoms with Crippen LogP contribution in [0.4, 0.5) is 8.78 Å². The second-order valence-electron chi connectivity index (χ2n) is 8.33. The molecule has 1 aliphatic carbocycles. The Kier molecular flexibility index (Phi) is 6.15. The van der Waals surface area contributed by atoms with Gasteiger partial charge in [-0.25, -0.2) is 8.78 Å². The summed E-state index contributed by atoms with van der Waals surface area (Å²) >= 11 is 0. The zero-order valence-corrected chi connectivity index (χ0v) is 17.5. The minimum absolute atomic E-state index is 0.380. The highest BCUT2D eigenvalue weighted by Crippen LogP contribution is 2.36. The third kappa shape index (κ3) is 4.68. The molecule has 3 aromatic carbocycles. The van der Waals surface area contributed by atoms with Crippen molar-refractivity contribution in [1.82, 2.24) is 0 Å². The van der Waals surface area contributed by atoms with E-state index < -0.39 is 11.6 Å². The lowest BCUT2D eigenvalue weighted by molar-refractivity contribution is 0.348. The maximum Gasteiger partial charge on any atom is 0.152 e. The van der Waals surface area contributed by atoms with Gasteiger partial charge in [0, 0.05) is 5.92 Å². The van der Waals surface area contributed by atoms with Crippen LogP contribution >= 0.6 is 0 Å². The van der Waals surface area contributed by atoms with E-state index in [0.717, 1.165) is 17.0 Å². The molecule has 1 aliphatic rings. The molecule has 0 heterocycles. The standard InChI is InChI=1S/C28H23F2N/c1-19-4-6-20(7-5-19)21-8-10-22(11-9-21)23-12-14-24(15-13-23)25-17-27(29)26(3-2-16-31)28(30)18-25/h8-15,17-20H,4-7H2,1H3. The number of benzene rings is 3. The minimum atomic E-state index is -0.769. The van der Waals surface area contributed by atoms with Gasteiger partial charge in [-0.3, -0.25) is 0 Å². The number of nitrogens with zero attached hydrogens (tertiary/aromatic N) is 1. The molecule has 1 fully saturated rings. The summed E-state index contributed by atoms with van der Waals surface area (Å²) in [6.45, 7) is 2.34. The molecule has 0 aliphatic heterocycles. The van der Waals surface area contributed by atoms with Crippen LogP contribution in [0.1, 0.15) is 49.7 Å². The van der Waals surface area contributed by atoms with Gasteiger partial charge in [0.25, 0.3) is 0 Å². The second kappa shape index (κ2) is 9.15. The van der Waals surface area contributed by atoms with E-state index in [1.165, 1.54) is 43.4 Å². The van der Waals surface area contributed by atoms with Crippen molar-refractivity contribution < 1.29 is 8.78 Å². The summed E-state index contributed by atoms with van der Waals surface area (Å²) in [6.07, 6.45) is 5.15. The van der Waals surface area contributed by atoms with Gasteiger partial charge in [0.1, 0.15) is 11.6 Å². The lowest BCUT2D eigenvalue weighted by atomic mass is 9.79. The summed E-state index contributed by atoms with van der Waals surface area (Å²) in [4.78, 5) is 0. The lowest BCUT2D eigenvalue weighted by Gasteiger charge is -2.26. The second-order valence-corrected chi connectivity index (χ2v) is 8.33. The van der Waals surface area contributed by atoms with Crippen LogP contribution in [0.25, 0.3) is 22.3 Å². The van der Waals surface area contributed by atoms with Crippen molar-refractivity contribution in [1.29, 1.82) is 5.26 Å². The number of hydrogen-bond donors (Lipinski definition) is 0. The van der Waals surface area contributed by atoms with E-state index in [2.05, 4.69) is 37.1 Å². The molecule has 3 aromatic rings. The number of nitriles is 1. The molecule has 3 heteroatoms. The van der Waals surface area contributed by atoms with Gasteiger partial charge in [-0.1, -0.05) is 68.3 Å². The fourth-order valence-electron chi connectivity index (χ4n) is 4.35. The summed E-state index contributed by atoms with van der Waals surface area (Å²) in [5, 5.41) is 8.48. The summed E-state index contributed by atoms with van der Waals surface area (Å²) in [6, 6.07) is 20.5. The molecule has 0 bridgehead atoms. The van der Waals surface area contributed by atoms with Gasteiger partial charge in [0.15, 0.2) is 6.07 Å². The van der Waals surface area contributed by atoms with Crippen LogP contribution in [0.15, 0.2) is 60.7 Å². The maximum absolute atomic E-state index is 14.2. The van der Waals surface area contributed by atoms with E-state index in [-0.39, 0.29) is 5.56 Å². The van der Waals surface area contributed by atoms with Crippen molar-refractivity contribution in [2.24, 2.45) is 5.92 Å². The van der Waals surface area contributed by atoms with Gasteiger partial charge < -0.3 is 0 Å². The predicted molar refractivity (Wildman–Crippen MR) is 120 cm³/mol. The SMILES string of the molecule is CC1CCC(c2ccc(-c3ccc(-c4cc(F)c(C#CC#N)c(F)c4)cc3)cc2)CC1. The molecule has 0 spiro atoms. The van der Waals surface area contributed by atoms with Crippen LogP contribution in [0.5, 0.6) is 0 Å². The Bertz CT molecular complexity index is 1140. The van der Waals surface area contributed by atoms with Gasteiger partial charge in [-0.05, 0) is 70.5 Å². The van der Waals surface area contributed by atoms with Crippen LogP contribution in [-0.4, -0.2) is 0 Å². The van der Waals surface area contributed by atoms with Crippen molar-refractivity contribution in [3.05, 3.63) is 83.4 Å². The number of rotatable bonds is 3. The summed E-state index contributed by atoms with van der Waals surface area (Å²) in [5.41, 5.74) is 4.37. The van der Waals surface area contributed by atoms with Crippen LogP contribution in [0.3, 0.4) is 0 Å². The number of halogens is 2. The summed E-state index contributed by atoms with van der Waals surface area (Å²) in [7, 11) is 0. The highest BCUT2D eigenvalue weighted by Gasteiger charge is 2.19. The third-order valence-corrected chi connectivity index (χ3v) is 6.24. The first-order valence-corrected chi connectivity index (χ1v) is 10.6. The van der Waals surface area contributed by atoms with Gasteiger partial charge in [-0.2, -0.15) is 5.26 Å². The molecule has 0 radical (unpaired) electrons. The molecule has 4 rings (SSSR count). The highest BCUT2D eigenvalue weighted by atomic mass is 19.1. The molecule has 0 aromatic heterocycles. The molecule has 0 amide bonds.